The number of nitrogens with zero attached hydrogens (tertiary/aromatic N) is 1. The SMILES string of the molecule is NCC1(C(=O)N2CCC[C@H](O)C2)CCCCCC1. The molecule has 2 aliphatic rings. The van der Waals surface area contributed by atoms with Gasteiger partial charge in [0.2, 0.25) is 5.91 Å². The molecule has 2 fully saturated rings. The van der Waals surface area contributed by atoms with Crippen molar-refractivity contribution < 1.29 is 9.90 Å². The van der Waals surface area contributed by atoms with Gasteiger partial charge in [-0.2, -0.15) is 0 Å². The number of rotatable bonds is 2. The average Bonchev–Trinajstić information content (AvgIpc) is 2.64. The van der Waals surface area contributed by atoms with Crippen LogP contribution < -0.4 is 5.73 Å². The van der Waals surface area contributed by atoms with Gasteiger partial charge in [0.25, 0.3) is 0 Å². The summed E-state index contributed by atoms with van der Waals surface area (Å²) in [6.07, 6.45) is 7.90. The molecule has 0 aromatic heterocycles. The van der Waals surface area contributed by atoms with Crippen LogP contribution in [0.5, 0.6) is 0 Å². The molecule has 1 amide bonds. The van der Waals surface area contributed by atoms with E-state index < -0.39 is 0 Å². The van der Waals surface area contributed by atoms with Crippen molar-refractivity contribution in [3.8, 4) is 0 Å². The molecule has 2 rings (SSSR count). The van der Waals surface area contributed by atoms with Crippen LogP contribution in [0.4, 0.5) is 0 Å². The highest BCUT2D eigenvalue weighted by Gasteiger charge is 2.40. The number of nitrogens with two attached hydrogens (primary N) is 1. The van der Waals surface area contributed by atoms with Gasteiger partial charge in [-0.15, -0.1) is 0 Å². The maximum atomic E-state index is 12.7. The van der Waals surface area contributed by atoms with Gasteiger partial charge in [-0.3, -0.25) is 4.79 Å². The Morgan fingerprint density at radius 2 is 1.89 bits per heavy atom. The molecule has 3 N–H and O–H groups in total. The Hall–Kier alpha value is -0.610. The van der Waals surface area contributed by atoms with E-state index in [0.717, 1.165) is 45.1 Å². The maximum Gasteiger partial charge on any atom is 0.230 e. The van der Waals surface area contributed by atoms with Crippen LogP contribution >= 0.6 is 0 Å². The molecule has 18 heavy (non-hydrogen) atoms. The van der Waals surface area contributed by atoms with Crippen LogP contribution in [0.25, 0.3) is 0 Å². The maximum absolute atomic E-state index is 12.7. The van der Waals surface area contributed by atoms with Gasteiger partial charge in [0.1, 0.15) is 0 Å². The van der Waals surface area contributed by atoms with E-state index in [1.54, 1.807) is 0 Å². The number of hydrogen-bond donors (Lipinski definition) is 2. The van der Waals surface area contributed by atoms with E-state index in [9.17, 15) is 9.90 Å². The fourth-order valence-corrected chi connectivity index (χ4v) is 3.39. The Kier molecular flexibility index (Phi) is 4.62. The van der Waals surface area contributed by atoms with Crippen molar-refractivity contribution in [2.75, 3.05) is 19.6 Å². The van der Waals surface area contributed by atoms with Crippen molar-refractivity contribution in [3.05, 3.63) is 0 Å². The number of β-amino-alcohol motifs (C(OH)–C–C–N with tert-alkyl or cyclic N) is 1. The number of amides is 1. The van der Waals surface area contributed by atoms with Crippen molar-refractivity contribution in [1.29, 1.82) is 0 Å². The Morgan fingerprint density at radius 1 is 1.22 bits per heavy atom. The molecule has 0 spiro atoms. The molecule has 104 valence electrons. The number of aliphatic hydroxyl groups excluding tert-OH is 1. The average molecular weight is 254 g/mol. The fourth-order valence-electron chi connectivity index (χ4n) is 3.39. The van der Waals surface area contributed by atoms with Gasteiger partial charge in [-0.05, 0) is 25.7 Å². The molecule has 1 aliphatic carbocycles. The third-order valence-corrected chi connectivity index (χ3v) is 4.59. The van der Waals surface area contributed by atoms with Crippen LogP contribution in [0, 0.1) is 5.41 Å². The highest BCUT2D eigenvalue weighted by Crippen LogP contribution is 2.36. The molecule has 0 unspecified atom stereocenters. The predicted octanol–water partition coefficient (Wildman–Crippen LogP) is 1.27. The number of hydrogen-bond acceptors (Lipinski definition) is 3. The first-order valence-corrected chi connectivity index (χ1v) is 7.35. The summed E-state index contributed by atoms with van der Waals surface area (Å²) in [5.74, 6) is 0.200. The summed E-state index contributed by atoms with van der Waals surface area (Å²) < 4.78 is 0. The van der Waals surface area contributed by atoms with E-state index in [2.05, 4.69) is 0 Å². The second kappa shape index (κ2) is 6.02. The van der Waals surface area contributed by atoms with E-state index in [1.165, 1.54) is 12.8 Å². The second-order valence-corrected chi connectivity index (χ2v) is 5.95. The predicted molar refractivity (Wildman–Crippen MR) is 71.0 cm³/mol. The van der Waals surface area contributed by atoms with Gasteiger partial charge in [0.15, 0.2) is 0 Å². The minimum atomic E-state index is -0.344. The highest BCUT2D eigenvalue weighted by molar-refractivity contribution is 5.83. The van der Waals surface area contributed by atoms with Gasteiger partial charge in [0.05, 0.1) is 11.5 Å². The van der Waals surface area contributed by atoms with Crippen LogP contribution in [-0.2, 0) is 4.79 Å². The third-order valence-electron chi connectivity index (χ3n) is 4.59. The lowest BCUT2D eigenvalue weighted by molar-refractivity contribution is -0.145. The van der Waals surface area contributed by atoms with Crippen molar-refractivity contribution in [1.82, 2.24) is 4.90 Å². The van der Waals surface area contributed by atoms with Crippen molar-refractivity contribution in [2.24, 2.45) is 11.1 Å². The first kappa shape index (κ1) is 13.8. The summed E-state index contributed by atoms with van der Waals surface area (Å²) in [7, 11) is 0. The zero-order valence-electron chi connectivity index (χ0n) is 11.2. The second-order valence-electron chi connectivity index (χ2n) is 5.95. The van der Waals surface area contributed by atoms with E-state index in [4.69, 9.17) is 5.73 Å². The monoisotopic (exact) mass is 254 g/mol. The molecule has 0 aromatic carbocycles. The molecule has 1 atom stereocenters. The van der Waals surface area contributed by atoms with Gasteiger partial charge in [-0.1, -0.05) is 25.7 Å². The van der Waals surface area contributed by atoms with Crippen LogP contribution in [0.2, 0.25) is 0 Å². The first-order chi connectivity index (χ1) is 8.68. The molecule has 4 heteroatoms. The molecule has 0 radical (unpaired) electrons. The van der Waals surface area contributed by atoms with Crippen LogP contribution in [0.15, 0.2) is 0 Å². The standard InChI is InChI=1S/C14H26N2O2/c15-11-14(7-3-1-2-4-8-14)13(18)16-9-5-6-12(17)10-16/h12,17H,1-11,15H2/t12-/m0/s1. The van der Waals surface area contributed by atoms with E-state index in [-0.39, 0.29) is 17.4 Å². The quantitative estimate of drug-likeness (QED) is 0.729. The molecular formula is C14H26N2O2. The Balaban J connectivity index is 2.07. The minimum Gasteiger partial charge on any atom is -0.391 e. The molecule has 0 aromatic rings. The molecule has 1 saturated heterocycles. The van der Waals surface area contributed by atoms with Crippen molar-refractivity contribution in [3.63, 3.8) is 0 Å². The van der Waals surface area contributed by atoms with E-state index >= 15 is 0 Å². The highest BCUT2D eigenvalue weighted by atomic mass is 16.3. The Bertz CT molecular complexity index is 286. The molecule has 1 aliphatic heterocycles. The largest absolute Gasteiger partial charge is 0.391 e. The summed E-state index contributed by atoms with van der Waals surface area (Å²) in [4.78, 5) is 14.6. The normalized spacial score (nSPS) is 28.8. The van der Waals surface area contributed by atoms with Crippen molar-refractivity contribution in [2.45, 2.75) is 57.5 Å². The van der Waals surface area contributed by atoms with Crippen LogP contribution in [0.1, 0.15) is 51.4 Å². The number of carbonyl (C=O) groups is 1. The number of likely N-dealkylation sites (tertiary alicyclic amines) is 1. The summed E-state index contributed by atoms with van der Waals surface area (Å²) in [6, 6.07) is 0. The topological polar surface area (TPSA) is 66.6 Å². The van der Waals surface area contributed by atoms with Crippen molar-refractivity contribution >= 4 is 5.91 Å². The summed E-state index contributed by atoms with van der Waals surface area (Å²) >= 11 is 0. The zero-order valence-corrected chi connectivity index (χ0v) is 11.2. The van der Waals surface area contributed by atoms with Crippen LogP contribution in [-0.4, -0.2) is 41.7 Å². The van der Waals surface area contributed by atoms with Crippen LogP contribution in [0.3, 0.4) is 0 Å². The summed E-state index contributed by atoms with van der Waals surface area (Å²) in [6.45, 7) is 1.75. The lowest BCUT2D eigenvalue weighted by atomic mass is 9.78. The van der Waals surface area contributed by atoms with Gasteiger partial charge in [-0.25, -0.2) is 0 Å². The lowest BCUT2D eigenvalue weighted by Gasteiger charge is -2.39. The third kappa shape index (κ3) is 2.86. The molecule has 4 nitrogen and oxygen atoms in total. The fraction of sp³-hybridized carbons (Fsp3) is 0.929. The minimum absolute atomic E-state index is 0.200. The first-order valence-electron chi connectivity index (χ1n) is 7.35. The number of piperidine rings is 1. The number of aliphatic hydroxyl groups is 1. The smallest absolute Gasteiger partial charge is 0.230 e. The Morgan fingerprint density at radius 3 is 2.44 bits per heavy atom. The zero-order chi connectivity index (χ0) is 13.0. The number of carbonyl (C=O) groups excluding carboxylic acids is 1. The summed E-state index contributed by atoms with van der Waals surface area (Å²) in [5, 5.41) is 9.71. The van der Waals surface area contributed by atoms with Gasteiger partial charge < -0.3 is 15.7 Å². The molecular weight excluding hydrogens is 228 g/mol. The molecule has 1 heterocycles. The van der Waals surface area contributed by atoms with Gasteiger partial charge >= 0.3 is 0 Å². The Labute approximate surface area is 110 Å². The van der Waals surface area contributed by atoms with E-state index in [1.807, 2.05) is 4.90 Å². The molecule has 1 saturated carbocycles. The van der Waals surface area contributed by atoms with E-state index in [0.29, 0.717) is 13.1 Å². The van der Waals surface area contributed by atoms with Gasteiger partial charge in [0, 0.05) is 19.6 Å². The lowest BCUT2D eigenvalue weighted by Crippen LogP contribution is -2.52. The molecule has 0 bridgehead atoms. The summed E-state index contributed by atoms with van der Waals surface area (Å²) in [5.41, 5.74) is 5.60.